The average Bonchev–Trinajstić information content (AvgIpc) is 4.01. The van der Waals surface area contributed by atoms with Gasteiger partial charge in [-0.25, -0.2) is 0 Å². The number of hydrogen-bond acceptors (Lipinski definition) is 6. The Morgan fingerprint density at radius 1 is 0.808 bits per heavy atom. The predicted molar refractivity (Wildman–Crippen MR) is 222 cm³/mol. The fraction of sp³-hybridized carbons (Fsp3) is 0.522. The molecule has 6 nitrogen and oxygen atoms in total. The maximum atomic E-state index is 8.11. The van der Waals surface area contributed by atoms with Crippen molar-refractivity contribution in [3.8, 4) is 0 Å². The number of ether oxygens (including phenoxy) is 2. The van der Waals surface area contributed by atoms with Crippen LogP contribution in [0.2, 0.25) is 0 Å². The number of aliphatic hydroxyl groups excluding tert-OH is 3. The highest BCUT2D eigenvalue weighted by Gasteiger charge is 2.27. The monoisotopic (exact) mass is 720 g/mol. The SMILES string of the molecule is CC.CC(C)c1ccc(C(C)(C)c2ccccc2)cc1.CC(O)CO.CC1=CCC(C(C)(C)c2ccccc2)=CC1C.CCOCN.OCC1CO1. The Kier molecular flexibility index (Phi) is 25.0. The van der Waals surface area contributed by atoms with E-state index in [-0.39, 0.29) is 30.1 Å². The van der Waals surface area contributed by atoms with E-state index in [0.717, 1.165) is 19.6 Å². The molecule has 3 aromatic carbocycles. The van der Waals surface area contributed by atoms with Gasteiger partial charge < -0.3 is 30.5 Å². The predicted octanol–water partition coefficient (Wildman–Crippen LogP) is 9.71. The summed E-state index contributed by atoms with van der Waals surface area (Å²) >= 11 is 0. The van der Waals surface area contributed by atoms with Crippen LogP contribution < -0.4 is 5.73 Å². The Bertz CT molecular complexity index is 1350. The summed E-state index contributed by atoms with van der Waals surface area (Å²) < 4.78 is 9.22. The lowest BCUT2D eigenvalue weighted by Gasteiger charge is -2.32. The highest BCUT2D eigenvalue weighted by molar-refractivity contribution is 5.40. The molecule has 3 atom stereocenters. The maximum absolute atomic E-state index is 8.11. The summed E-state index contributed by atoms with van der Waals surface area (Å²) in [7, 11) is 0. The minimum atomic E-state index is -0.560. The molecule has 0 radical (unpaired) electrons. The van der Waals surface area contributed by atoms with E-state index in [4.69, 9.17) is 21.1 Å². The maximum Gasteiger partial charge on any atom is 0.104 e. The Hall–Kier alpha value is -3.10. The smallest absolute Gasteiger partial charge is 0.104 e. The van der Waals surface area contributed by atoms with E-state index in [0.29, 0.717) is 18.6 Å². The Labute approximate surface area is 317 Å². The van der Waals surface area contributed by atoms with Crippen molar-refractivity contribution in [1.29, 1.82) is 0 Å². The zero-order valence-electron chi connectivity index (χ0n) is 34.5. The van der Waals surface area contributed by atoms with E-state index in [2.05, 4.69) is 162 Å². The van der Waals surface area contributed by atoms with E-state index in [1.807, 2.05) is 20.8 Å². The van der Waals surface area contributed by atoms with E-state index in [1.165, 1.54) is 34.8 Å². The Balaban J connectivity index is 0.000000699. The lowest BCUT2D eigenvalue weighted by molar-refractivity contribution is 0.110. The van der Waals surface area contributed by atoms with Crippen LogP contribution in [0.25, 0.3) is 0 Å². The summed E-state index contributed by atoms with van der Waals surface area (Å²) in [6, 6.07) is 30.6. The van der Waals surface area contributed by atoms with Gasteiger partial charge >= 0.3 is 0 Å². The highest BCUT2D eigenvalue weighted by Crippen LogP contribution is 2.37. The third-order valence-corrected chi connectivity index (χ3v) is 9.10. The van der Waals surface area contributed by atoms with Crippen LogP contribution in [-0.4, -0.2) is 60.7 Å². The first kappa shape index (κ1) is 48.9. The van der Waals surface area contributed by atoms with Crippen molar-refractivity contribution in [1.82, 2.24) is 0 Å². The quantitative estimate of drug-likeness (QED) is 0.0997. The molecular formula is C46H73NO5. The molecule has 1 aliphatic carbocycles. The topological polar surface area (TPSA) is 108 Å². The molecule has 0 spiro atoms. The molecule has 0 bridgehead atoms. The molecule has 3 unspecified atom stereocenters. The fourth-order valence-corrected chi connectivity index (χ4v) is 5.06. The summed E-state index contributed by atoms with van der Waals surface area (Å²) in [6.07, 6.45) is 5.55. The number of aliphatic hydroxyl groups is 3. The third kappa shape index (κ3) is 18.6. The van der Waals surface area contributed by atoms with E-state index >= 15 is 0 Å². The molecular weight excluding hydrogens is 647 g/mol. The Morgan fingerprint density at radius 3 is 1.56 bits per heavy atom. The molecule has 6 heteroatoms. The van der Waals surface area contributed by atoms with E-state index in [1.54, 1.807) is 5.57 Å². The summed E-state index contributed by atoms with van der Waals surface area (Å²) in [5.41, 5.74) is 13.7. The zero-order valence-corrected chi connectivity index (χ0v) is 34.5. The van der Waals surface area contributed by atoms with Gasteiger partial charge in [-0.15, -0.1) is 0 Å². The average molecular weight is 720 g/mol. The van der Waals surface area contributed by atoms with Crippen LogP contribution in [-0.2, 0) is 20.3 Å². The van der Waals surface area contributed by atoms with Gasteiger partial charge in [0.25, 0.3) is 0 Å². The number of nitrogens with two attached hydrogens (primary N) is 1. The fourth-order valence-electron chi connectivity index (χ4n) is 5.06. The van der Waals surface area contributed by atoms with Crippen LogP contribution in [0.1, 0.15) is 118 Å². The van der Waals surface area contributed by atoms with Gasteiger partial charge in [-0.3, -0.25) is 0 Å². The number of epoxide rings is 1. The number of hydrogen-bond donors (Lipinski definition) is 4. The van der Waals surface area contributed by atoms with Crippen LogP contribution in [0.3, 0.4) is 0 Å². The minimum Gasteiger partial charge on any atom is -0.394 e. The molecule has 3 aromatic rings. The number of allylic oxidation sites excluding steroid dienone is 4. The molecule has 1 aliphatic heterocycles. The third-order valence-electron chi connectivity index (χ3n) is 9.10. The van der Waals surface area contributed by atoms with Crippen molar-refractivity contribution in [2.45, 2.75) is 118 Å². The second kappa shape index (κ2) is 26.6. The van der Waals surface area contributed by atoms with E-state index < -0.39 is 6.10 Å². The first-order valence-corrected chi connectivity index (χ1v) is 19.0. The van der Waals surface area contributed by atoms with Gasteiger partial charge in [0.1, 0.15) is 6.10 Å². The van der Waals surface area contributed by atoms with Crippen molar-refractivity contribution in [3.05, 3.63) is 130 Å². The number of benzene rings is 3. The molecule has 2 aliphatic rings. The second-order valence-corrected chi connectivity index (χ2v) is 14.2. The van der Waals surface area contributed by atoms with Gasteiger partial charge in [0.2, 0.25) is 0 Å². The molecule has 1 fully saturated rings. The lowest BCUT2D eigenvalue weighted by atomic mass is 9.73. The van der Waals surface area contributed by atoms with Gasteiger partial charge in [0.05, 0.1) is 32.7 Å². The second-order valence-electron chi connectivity index (χ2n) is 14.2. The molecule has 0 saturated carbocycles. The summed E-state index contributed by atoms with van der Waals surface area (Å²) in [5.74, 6) is 1.18. The van der Waals surface area contributed by atoms with E-state index in [9.17, 15) is 0 Å². The van der Waals surface area contributed by atoms with Gasteiger partial charge in [-0.05, 0) is 61.3 Å². The molecule has 0 amide bonds. The molecule has 5 N–H and O–H groups in total. The first-order valence-electron chi connectivity index (χ1n) is 19.0. The normalized spacial score (nSPS) is 16.6. The summed E-state index contributed by atoms with van der Waals surface area (Å²) in [4.78, 5) is 0. The zero-order chi connectivity index (χ0) is 39.7. The lowest BCUT2D eigenvalue weighted by Crippen LogP contribution is -2.22. The standard InChI is InChI=1S/C18H22.C17H22.C3H9NO.C3H6O2.C3H8O2.C2H6/c1-14(2)15-10-12-17(13-11-15)18(3,4)16-8-6-5-7-9-16;1-13-10-11-16(12-14(13)2)17(3,4)15-8-6-5-7-9-15;1-2-5-3-4;4-1-3-2-5-3;1-3(5)2-4;1-2/h5-14H,1-4H3;5-10,12,14H,11H2,1-4H3;2-4H2,1H3;3-4H,1-2H2;3-5H,2H2,1H3;1-2H3. The van der Waals surface area contributed by atoms with Crippen molar-refractivity contribution < 1.29 is 24.8 Å². The van der Waals surface area contributed by atoms with Gasteiger partial charge in [-0.1, -0.05) is 171 Å². The summed E-state index contributed by atoms with van der Waals surface area (Å²) in [5, 5.41) is 24.1. The van der Waals surface area contributed by atoms with Crippen molar-refractivity contribution >= 4 is 0 Å². The van der Waals surface area contributed by atoms with Crippen LogP contribution in [0, 0.1) is 5.92 Å². The van der Waals surface area contributed by atoms with Gasteiger partial charge in [-0.2, -0.15) is 0 Å². The van der Waals surface area contributed by atoms with Crippen molar-refractivity contribution in [3.63, 3.8) is 0 Å². The number of rotatable bonds is 9. The highest BCUT2D eigenvalue weighted by atomic mass is 16.6. The first-order chi connectivity index (χ1) is 24.6. The van der Waals surface area contributed by atoms with Crippen LogP contribution in [0.4, 0.5) is 0 Å². The van der Waals surface area contributed by atoms with Gasteiger partial charge in [0, 0.05) is 17.4 Å². The van der Waals surface area contributed by atoms with Crippen molar-refractivity contribution in [2.24, 2.45) is 11.7 Å². The molecule has 0 aromatic heterocycles. The molecule has 1 saturated heterocycles. The molecule has 52 heavy (non-hydrogen) atoms. The molecule has 5 rings (SSSR count). The van der Waals surface area contributed by atoms with Crippen LogP contribution in [0.15, 0.2) is 108 Å². The molecule has 1 heterocycles. The van der Waals surface area contributed by atoms with Crippen molar-refractivity contribution in [2.75, 3.05) is 33.2 Å². The van der Waals surface area contributed by atoms with Crippen LogP contribution in [0.5, 0.6) is 0 Å². The molecule has 292 valence electrons. The van der Waals surface area contributed by atoms with Crippen LogP contribution >= 0.6 is 0 Å². The largest absolute Gasteiger partial charge is 0.394 e. The Morgan fingerprint density at radius 2 is 1.25 bits per heavy atom. The summed E-state index contributed by atoms with van der Waals surface area (Å²) in [6.45, 7) is 27.5. The van der Waals surface area contributed by atoms with Gasteiger partial charge in [0.15, 0.2) is 0 Å². The minimum absolute atomic E-state index is 0.0662.